The van der Waals surface area contributed by atoms with Crippen molar-refractivity contribution in [3.63, 3.8) is 0 Å². The van der Waals surface area contributed by atoms with Gasteiger partial charge in [-0.2, -0.15) is 0 Å². The zero-order valence-corrected chi connectivity index (χ0v) is 27.1. The number of anilines is 3. The molecule has 0 bridgehead atoms. The number of nitrogens with zero attached hydrogens (tertiary/aromatic N) is 2. The Hall–Kier alpha value is -5.22. The molecule has 4 aromatic rings. The molecular weight excluding hydrogens is 596 g/mol. The molecule has 1 aliphatic heterocycles. The summed E-state index contributed by atoms with van der Waals surface area (Å²) in [6.07, 6.45) is 1.21. The Labute approximate surface area is 274 Å². The number of nitrogen functional groups attached to an aromatic ring is 1. The third-order valence-corrected chi connectivity index (χ3v) is 8.82. The van der Waals surface area contributed by atoms with E-state index in [0.29, 0.717) is 53.2 Å². The van der Waals surface area contributed by atoms with E-state index in [9.17, 15) is 19.2 Å². The van der Waals surface area contributed by atoms with Crippen molar-refractivity contribution in [3.05, 3.63) is 95.6 Å². The first-order chi connectivity index (χ1) is 22.7. The van der Waals surface area contributed by atoms with Gasteiger partial charge in [-0.05, 0) is 92.2 Å². The third kappa shape index (κ3) is 6.97. The molecule has 0 spiro atoms. The first-order valence-electron chi connectivity index (χ1n) is 15.6. The molecule has 47 heavy (non-hydrogen) atoms. The molecule has 2 unspecified atom stereocenters. The minimum Gasteiger partial charge on any atom is -0.496 e. The van der Waals surface area contributed by atoms with E-state index < -0.39 is 11.9 Å². The number of amides is 2. The Morgan fingerprint density at radius 1 is 0.957 bits per heavy atom. The molecule has 0 fully saturated rings. The number of ether oxygens (including phenoxy) is 2. The SMILES string of the molecule is CNC(C)C(=O)CCCC1CN(C(=O)c2ccc(N)cc2)c2ccccc2N(Cc2c(OC)ccc3cc(C(=O)OC)ccc23)C1=O. The van der Waals surface area contributed by atoms with Crippen LogP contribution in [0.4, 0.5) is 17.1 Å². The molecule has 0 aliphatic carbocycles. The molecule has 0 saturated carbocycles. The zero-order chi connectivity index (χ0) is 33.7. The van der Waals surface area contributed by atoms with Crippen molar-refractivity contribution in [2.24, 2.45) is 5.92 Å². The number of hydrogen-bond acceptors (Lipinski definition) is 8. The molecule has 3 N–H and O–H groups in total. The second kappa shape index (κ2) is 14.5. The van der Waals surface area contributed by atoms with Gasteiger partial charge in [-0.25, -0.2) is 4.79 Å². The zero-order valence-electron chi connectivity index (χ0n) is 27.1. The van der Waals surface area contributed by atoms with E-state index in [2.05, 4.69) is 5.32 Å². The first-order valence-corrected chi connectivity index (χ1v) is 15.6. The molecule has 5 rings (SSSR count). The molecule has 0 aromatic heterocycles. The van der Waals surface area contributed by atoms with Gasteiger partial charge in [0, 0.05) is 29.8 Å². The lowest BCUT2D eigenvalue weighted by Crippen LogP contribution is -2.40. The monoisotopic (exact) mass is 636 g/mol. The number of benzene rings is 4. The van der Waals surface area contributed by atoms with E-state index in [-0.39, 0.29) is 36.7 Å². The van der Waals surface area contributed by atoms with Crippen LogP contribution in [0.3, 0.4) is 0 Å². The highest BCUT2D eigenvalue weighted by Gasteiger charge is 2.37. The second-order valence-corrected chi connectivity index (χ2v) is 11.7. The topological polar surface area (TPSA) is 131 Å². The average molecular weight is 637 g/mol. The summed E-state index contributed by atoms with van der Waals surface area (Å²) in [6, 6.07) is 22.7. The van der Waals surface area contributed by atoms with Crippen LogP contribution in [0.15, 0.2) is 78.9 Å². The highest BCUT2D eigenvalue weighted by molar-refractivity contribution is 6.12. The number of hydrogen-bond donors (Lipinski definition) is 2. The molecule has 1 heterocycles. The number of nitrogens with one attached hydrogen (secondary N) is 1. The van der Waals surface area contributed by atoms with Crippen molar-refractivity contribution in [3.8, 4) is 5.75 Å². The van der Waals surface area contributed by atoms with Crippen LogP contribution < -0.4 is 25.6 Å². The third-order valence-electron chi connectivity index (χ3n) is 8.82. The van der Waals surface area contributed by atoms with Gasteiger partial charge in [-0.15, -0.1) is 0 Å². The Morgan fingerprint density at radius 2 is 1.66 bits per heavy atom. The average Bonchev–Trinajstić information content (AvgIpc) is 3.21. The number of carbonyl (C=O) groups is 4. The summed E-state index contributed by atoms with van der Waals surface area (Å²) in [4.78, 5) is 57.0. The fraction of sp³-hybridized carbons (Fsp3) is 0.297. The van der Waals surface area contributed by atoms with Gasteiger partial charge in [-0.1, -0.05) is 24.3 Å². The Morgan fingerprint density at radius 3 is 2.34 bits per heavy atom. The molecule has 1 aliphatic rings. The van der Waals surface area contributed by atoms with Crippen LogP contribution in [0.25, 0.3) is 10.8 Å². The Balaban J connectivity index is 1.59. The number of likely N-dealkylation sites (N-methyl/N-ethyl adjacent to an activating group) is 1. The van der Waals surface area contributed by atoms with E-state index in [1.807, 2.05) is 49.4 Å². The molecule has 244 valence electrons. The van der Waals surface area contributed by atoms with Gasteiger partial charge in [0.25, 0.3) is 5.91 Å². The lowest BCUT2D eigenvalue weighted by Gasteiger charge is -2.27. The highest BCUT2D eigenvalue weighted by Crippen LogP contribution is 2.39. The van der Waals surface area contributed by atoms with Crippen molar-refractivity contribution in [1.29, 1.82) is 0 Å². The summed E-state index contributed by atoms with van der Waals surface area (Å²) in [5.41, 5.74) is 9.22. The van der Waals surface area contributed by atoms with Crippen LogP contribution in [0.1, 0.15) is 52.5 Å². The van der Waals surface area contributed by atoms with E-state index in [4.69, 9.17) is 15.2 Å². The predicted molar refractivity (Wildman–Crippen MR) is 183 cm³/mol. The van der Waals surface area contributed by atoms with Crippen LogP contribution in [-0.4, -0.2) is 57.4 Å². The van der Waals surface area contributed by atoms with Crippen LogP contribution >= 0.6 is 0 Å². The van der Waals surface area contributed by atoms with Gasteiger partial charge in [0.1, 0.15) is 11.5 Å². The summed E-state index contributed by atoms with van der Waals surface area (Å²) < 4.78 is 10.7. The van der Waals surface area contributed by atoms with E-state index in [1.165, 1.54) is 7.11 Å². The van der Waals surface area contributed by atoms with Gasteiger partial charge in [-0.3, -0.25) is 14.4 Å². The maximum Gasteiger partial charge on any atom is 0.337 e. The number of ketones is 1. The Bertz CT molecular complexity index is 1800. The molecule has 10 nitrogen and oxygen atoms in total. The maximum absolute atomic E-state index is 14.6. The maximum atomic E-state index is 14.6. The second-order valence-electron chi connectivity index (χ2n) is 11.7. The quantitative estimate of drug-likeness (QED) is 0.166. The van der Waals surface area contributed by atoms with Crippen LogP contribution in [0, 0.1) is 5.92 Å². The molecule has 10 heteroatoms. The van der Waals surface area contributed by atoms with Gasteiger partial charge >= 0.3 is 5.97 Å². The molecule has 4 aromatic carbocycles. The number of para-hydroxylation sites is 2. The minimum atomic E-state index is -0.593. The van der Waals surface area contributed by atoms with Crippen LogP contribution in [0.5, 0.6) is 5.75 Å². The number of nitrogens with two attached hydrogens (primary N) is 1. The number of methoxy groups -OCH3 is 2. The molecule has 0 radical (unpaired) electrons. The summed E-state index contributed by atoms with van der Waals surface area (Å²) in [5, 5.41) is 4.57. The minimum absolute atomic E-state index is 0.0651. The number of rotatable bonds is 11. The first kappa shape index (κ1) is 33.2. The van der Waals surface area contributed by atoms with Crippen molar-refractivity contribution >= 4 is 51.4 Å². The lowest BCUT2D eigenvalue weighted by molar-refractivity contribution is -0.123. The summed E-state index contributed by atoms with van der Waals surface area (Å²) in [5.74, 6) is -0.812. The highest BCUT2D eigenvalue weighted by atomic mass is 16.5. The number of fused-ring (bicyclic) bond motifs is 2. The smallest absolute Gasteiger partial charge is 0.337 e. The van der Waals surface area contributed by atoms with E-state index in [0.717, 1.165) is 16.3 Å². The molecule has 2 amide bonds. The normalized spacial score (nSPS) is 15.1. The summed E-state index contributed by atoms with van der Waals surface area (Å²) in [6.45, 7) is 2.10. The van der Waals surface area contributed by atoms with Crippen LogP contribution in [-0.2, 0) is 20.9 Å². The van der Waals surface area contributed by atoms with E-state index in [1.54, 1.807) is 60.4 Å². The van der Waals surface area contributed by atoms with Gasteiger partial charge in [0.05, 0.1) is 49.7 Å². The van der Waals surface area contributed by atoms with E-state index >= 15 is 0 Å². The van der Waals surface area contributed by atoms with Crippen molar-refractivity contribution < 1.29 is 28.7 Å². The summed E-state index contributed by atoms with van der Waals surface area (Å²) >= 11 is 0. The fourth-order valence-electron chi connectivity index (χ4n) is 6.04. The fourth-order valence-corrected chi connectivity index (χ4v) is 6.04. The van der Waals surface area contributed by atoms with Gasteiger partial charge in [0.2, 0.25) is 5.91 Å². The Kier molecular flexibility index (Phi) is 10.2. The van der Waals surface area contributed by atoms with Crippen molar-refractivity contribution in [2.75, 3.05) is 43.3 Å². The standard InChI is InChI=1S/C37H40N4O6/c1-23(39-2)33(42)11-7-8-27-21-40(35(43)24-12-16-28(38)17-13-24)31-9-5-6-10-32(31)41(36(27)44)22-30-29-18-14-26(37(45)47-4)20-25(29)15-19-34(30)46-3/h5-6,9-10,12-20,23,27,39H,7-8,11,21-22,38H2,1-4H3. The summed E-state index contributed by atoms with van der Waals surface area (Å²) in [7, 11) is 4.65. The molecule has 2 atom stereocenters. The predicted octanol–water partition coefficient (Wildman–Crippen LogP) is 5.37. The molecular formula is C37H40N4O6. The lowest BCUT2D eigenvalue weighted by atomic mass is 9.96. The number of esters is 1. The van der Waals surface area contributed by atoms with Gasteiger partial charge < -0.3 is 30.3 Å². The molecule has 0 saturated heterocycles. The van der Waals surface area contributed by atoms with Crippen LogP contribution in [0.2, 0.25) is 0 Å². The van der Waals surface area contributed by atoms with Gasteiger partial charge in [0.15, 0.2) is 0 Å². The van der Waals surface area contributed by atoms with Crippen molar-refractivity contribution in [2.45, 2.75) is 38.8 Å². The largest absolute Gasteiger partial charge is 0.496 e. The number of Topliss-reactive ketones (excluding diaryl/α,β-unsaturated/α-hetero) is 1. The number of carbonyl (C=O) groups excluding carboxylic acids is 4. The van der Waals surface area contributed by atoms with Crippen molar-refractivity contribution in [1.82, 2.24) is 5.32 Å².